The molecule has 0 radical (unpaired) electrons. The average molecular weight is 419 g/mol. The third-order valence-electron chi connectivity index (χ3n) is 6.61. The topological polar surface area (TPSA) is 44.8 Å². The number of aromatic nitrogens is 3. The van der Waals surface area contributed by atoms with Crippen molar-refractivity contribution in [1.29, 1.82) is 0 Å². The van der Waals surface area contributed by atoms with Crippen LogP contribution in [0.1, 0.15) is 56.2 Å². The number of aromatic amines is 1. The van der Waals surface area contributed by atoms with Gasteiger partial charge in [-0.1, -0.05) is 30.7 Å². The fourth-order valence-electron chi connectivity index (χ4n) is 5.04. The van der Waals surface area contributed by atoms with Crippen LogP contribution in [-0.2, 0) is 0 Å². The third-order valence-corrected chi connectivity index (χ3v) is 7.02. The van der Waals surface area contributed by atoms with E-state index in [1.807, 2.05) is 31.3 Å². The maximum absolute atomic E-state index is 6.36. The number of pyridine rings is 1. The second kappa shape index (κ2) is 7.59. The number of fused-ring (bicyclic) bond motifs is 1. The van der Waals surface area contributed by atoms with Crippen molar-refractivity contribution in [2.24, 2.45) is 5.92 Å². The predicted molar refractivity (Wildman–Crippen MR) is 123 cm³/mol. The number of aryl methyl sites for hydroxylation is 1. The van der Waals surface area contributed by atoms with Gasteiger partial charge in [0.25, 0.3) is 0 Å². The van der Waals surface area contributed by atoms with Gasteiger partial charge in [0.05, 0.1) is 22.8 Å². The lowest BCUT2D eigenvalue weighted by molar-refractivity contribution is 0.288. The monoisotopic (exact) mass is 418 g/mol. The van der Waals surface area contributed by atoms with Crippen molar-refractivity contribution >= 4 is 28.2 Å². The van der Waals surface area contributed by atoms with Crippen LogP contribution in [0.2, 0.25) is 5.02 Å². The molecule has 30 heavy (non-hydrogen) atoms. The maximum atomic E-state index is 6.36. The van der Waals surface area contributed by atoms with Gasteiger partial charge >= 0.3 is 0 Å². The average Bonchev–Trinajstić information content (AvgIpc) is 3.35. The zero-order valence-electron chi connectivity index (χ0n) is 17.7. The minimum Gasteiger partial charge on any atom is -0.361 e. The van der Waals surface area contributed by atoms with Gasteiger partial charge in [-0.25, -0.2) is 4.98 Å². The lowest BCUT2D eigenvalue weighted by atomic mass is 9.92. The van der Waals surface area contributed by atoms with E-state index >= 15 is 0 Å². The van der Waals surface area contributed by atoms with Gasteiger partial charge in [-0.05, 0) is 74.4 Å². The Hall–Kier alpha value is -2.59. The molecule has 1 N–H and O–H groups in total. The van der Waals surface area contributed by atoms with E-state index in [9.17, 15) is 0 Å². The number of hydrogen-bond donors (Lipinski definition) is 1. The van der Waals surface area contributed by atoms with Gasteiger partial charge in [0.2, 0.25) is 0 Å². The molecule has 1 saturated heterocycles. The zero-order valence-corrected chi connectivity index (χ0v) is 18.5. The number of likely N-dealkylation sites (tertiary alicyclic amines) is 1. The molecule has 1 aliphatic heterocycles. The molecular formula is C25H27ClN4. The summed E-state index contributed by atoms with van der Waals surface area (Å²) in [5.41, 5.74) is 8.19. The summed E-state index contributed by atoms with van der Waals surface area (Å²) >= 11 is 6.36. The molecule has 0 unspecified atom stereocenters. The van der Waals surface area contributed by atoms with Crippen molar-refractivity contribution in [2.45, 2.75) is 46.1 Å². The molecule has 0 amide bonds. The molecule has 2 aliphatic rings. The zero-order chi connectivity index (χ0) is 20.8. The lowest BCUT2D eigenvalue weighted by Gasteiger charge is -2.34. The largest absolute Gasteiger partial charge is 0.361 e. The van der Waals surface area contributed by atoms with E-state index in [0.717, 1.165) is 58.9 Å². The Labute approximate surface area is 182 Å². The number of hydrogen-bond acceptors (Lipinski definition) is 3. The molecule has 4 nitrogen and oxygen atoms in total. The Balaban J connectivity index is 1.64. The second-order valence-corrected chi connectivity index (χ2v) is 8.97. The second-order valence-electron chi connectivity index (χ2n) is 8.56. The highest BCUT2D eigenvalue weighted by atomic mass is 35.5. The van der Waals surface area contributed by atoms with Gasteiger partial charge < -0.3 is 9.88 Å². The first kappa shape index (κ1) is 19.4. The summed E-state index contributed by atoms with van der Waals surface area (Å²) in [6.45, 7) is 7.64. The standard InChI is InChI=1S/C25H27ClN4/c1-15-7-6-8-18(20-9-4-5-13-27-20)23(15)30-14-12-16(2)24(30)25-28-21-11-10-19(26)17(3)22(21)29-25/h4-5,7,9-11,13,16,24H,6,8,12,14H2,1-3H3,(H,28,29)/t16-,24-/m0/s1. The number of rotatable bonds is 3. The molecule has 3 heterocycles. The van der Waals surface area contributed by atoms with Crippen LogP contribution in [-0.4, -0.2) is 26.4 Å². The van der Waals surface area contributed by atoms with E-state index in [2.05, 4.69) is 46.9 Å². The van der Waals surface area contributed by atoms with Crippen LogP contribution in [0.4, 0.5) is 0 Å². The fraction of sp³-hybridized carbons (Fsp3) is 0.360. The Bertz CT molecular complexity index is 1160. The van der Waals surface area contributed by atoms with Gasteiger partial charge in [-0.3, -0.25) is 4.98 Å². The van der Waals surface area contributed by atoms with E-state index in [1.54, 1.807) is 0 Å². The van der Waals surface area contributed by atoms with Crippen LogP contribution in [0.15, 0.2) is 53.9 Å². The number of imidazole rings is 1. The van der Waals surface area contributed by atoms with E-state index in [-0.39, 0.29) is 6.04 Å². The number of allylic oxidation sites excluding steroid dienone is 3. The first-order valence-electron chi connectivity index (χ1n) is 10.8. The molecule has 5 heteroatoms. The summed E-state index contributed by atoms with van der Waals surface area (Å²) in [6.07, 6.45) is 7.50. The van der Waals surface area contributed by atoms with Gasteiger partial charge in [0.15, 0.2) is 0 Å². The summed E-state index contributed by atoms with van der Waals surface area (Å²) in [5.74, 6) is 1.54. The van der Waals surface area contributed by atoms with E-state index < -0.39 is 0 Å². The molecule has 1 aromatic carbocycles. The molecule has 0 bridgehead atoms. The number of nitrogens with one attached hydrogen (secondary N) is 1. The summed E-state index contributed by atoms with van der Waals surface area (Å²) in [6, 6.07) is 10.4. The lowest BCUT2D eigenvalue weighted by Crippen LogP contribution is -2.28. The highest BCUT2D eigenvalue weighted by Crippen LogP contribution is 2.44. The highest BCUT2D eigenvalue weighted by Gasteiger charge is 2.38. The maximum Gasteiger partial charge on any atom is 0.130 e. The predicted octanol–water partition coefficient (Wildman–Crippen LogP) is 6.45. The molecule has 0 spiro atoms. The molecule has 154 valence electrons. The molecule has 3 aromatic rings. The first-order chi connectivity index (χ1) is 14.5. The number of benzene rings is 1. The van der Waals surface area contributed by atoms with Crippen LogP contribution >= 0.6 is 11.6 Å². The molecule has 0 saturated carbocycles. The summed E-state index contributed by atoms with van der Waals surface area (Å²) in [4.78, 5) is 15.9. The van der Waals surface area contributed by atoms with Crippen LogP contribution in [0, 0.1) is 12.8 Å². The molecule has 1 aliphatic carbocycles. The summed E-state index contributed by atoms with van der Waals surface area (Å²) in [7, 11) is 0. The SMILES string of the molecule is CC1=CCCC(c2ccccn2)=C1N1CC[C@H](C)[C@H]1c1nc2c(C)c(Cl)ccc2[nH]1. The molecule has 5 rings (SSSR count). The van der Waals surface area contributed by atoms with Crippen LogP contribution < -0.4 is 0 Å². The Morgan fingerprint density at radius 2 is 2.03 bits per heavy atom. The molecule has 2 atom stereocenters. The normalized spacial score (nSPS) is 22.1. The minimum atomic E-state index is 0.214. The van der Waals surface area contributed by atoms with Crippen molar-refractivity contribution in [2.75, 3.05) is 6.54 Å². The van der Waals surface area contributed by atoms with Crippen molar-refractivity contribution in [3.05, 3.63) is 76.0 Å². The first-order valence-corrected chi connectivity index (χ1v) is 11.2. The highest BCUT2D eigenvalue weighted by molar-refractivity contribution is 6.32. The summed E-state index contributed by atoms with van der Waals surface area (Å²) < 4.78 is 0. The van der Waals surface area contributed by atoms with E-state index in [0.29, 0.717) is 5.92 Å². The van der Waals surface area contributed by atoms with Gasteiger partial charge in [0.1, 0.15) is 5.82 Å². The van der Waals surface area contributed by atoms with E-state index in [1.165, 1.54) is 16.8 Å². The van der Waals surface area contributed by atoms with E-state index in [4.69, 9.17) is 16.6 Å². The van der Waals surface area contributed by atoms with Crippen LogP contribution in [0.25, 0.3) is 16.6 Å². The van der Waals surface area contributed by atoms with Crippen LogP contribution in [0.3, 0.4) is 0 Å². The van der Waals surface area contributed by atoms with Crippen molar-refractivity contribution in [3.63, 3.8) is 0 Å². The fourth-order valence-corrected chi connectivity index (χ4v) is 5.19. The Morgan fingerprint density at radius 3 is 2.83 bits per heavy atom. The Kier molecular flexibility index (Phi) is 4.90. The van der Waals surface area contributed by atoms with Gasteiger partial charge in [-0.2, -0.15) is 0 Å². The quantitative estimate of drug-likeness (QED) is 0.531. The molecule has 2 aromatic heterocycles. The van der Waals surface area contributed by atoms with Crippen molar-refractivity contribution < 1.29 is 0 Å². The van der Waals surface area contributed by atoms with Crippen LogP contribution in [0.5, 0.6) is 0 Å². The number of H-pyrrole nitrogens is 1. The Morgan fingerprint density at radius 1 is 1.17 bits per heavy atom. The van der Waals surface area contributed by atoms with Gasteiger partial charge in [0, 0.05) is 29.0 Å². The van der Waals surface area contributed by atoms with Gasteiger partial charge in [-0.15, -0.1) is 0 Å². The minimum absolute atomic E-state index is 0.214. The number of nitrogens with zero attached hydrogens (tertiary/aromatic N) is 3. The summed E-state index contributed by atoms with van der Waals surface area (Å²) in [5, 5.41) is 0.767. The smallest absolute Gasteiger partial charge is 0.130 e. The number of halogens is 1. The van der Waals surface area contributed by atoms with Crippen molar-refractivity contribution in [1.82, 2.24) is 19.9 Å². The molecule has 1 fully saturated rings. The van der Waals surface area contributed by atoms with Crippen molar-refractivity contribution in [3.8, 4) is 0 Å². The molecular weight excluding hydrogens is 392 g/mol. The third kappa shape index (κ3) is 3.14.